The van der Waals surface area contributed by atoms with Crippen LogP contribution in [0.4, 0.5) is 11.9 Å². The van der Waals surface area contributed by atoms with Gasteiger partial charge in [-0.3, -0.25) is 4.79 Å². The highest BCUT2D eigenvalue weighted by Crippen LogP contribution is 2.23. The second kappa shape index (κ2) is 7.43. The minimum atomic E-state index is -0.538. The smallest absolute Gasteiger partial charge is 0.323 e. The monoisotopic (exact) mass is 320 g/mol. The molecule has 2 N–H and O–H groups in total. The Morgan fingerprint density at radius 3 is 1.78 bits per heavy atom. The highest BCUT2D eigenvalue weighted by molar-refractivity contribution is 5.75. The fourth-order valence-electron chi connectivity index (χ4n) is 3.01. The average molecular weight is 320 g/mol. The first-order chi connectivity index (χ1) is 11.2. The Morgan fingerprint density at radius 1 is 0.870 bits per heavy atom. The molecule has 23 heavy (non-hydrogen) atoms. The van der Waals surface area contributed by atoms with E-state index in [1.54, 1.807) is 0 Å². The van der Waals surface area contributed by atoms with E-state index < -0.39 is 5.91 Å². The average Bonchev–Trinajstić information content (AvgIpc) is 2.61. The van der Waals surface area contributed by atoms with Crippen molar-refractivity contribution in [1.29, 1.82) is 0 Å². The Balaban J connectivity index is 1.83. The third-order valence-electron chi connectivity index (χ3n) is 4.21. The fraction of sp³-hybridized carbons (Fsp3) is 0.733. The van der Waals surface area contributed by atoms with Crippen LogP contribution in [-0.4, -0.2) is 53.6 Å². The van der Waals surface area contributed by atoms with Gasteiger partial charge in [-0.2, -0.15) is 15.0 Å². The number of nitrogens with two attached hydrogens (primary N) is 1. The summed E-state index contributed by atoms with van der Waals surface area (Å²) in [7, 11) is 0. The van der Waals surface area contributed by atoms with Crippen molar-refractivity contribution in [2.45, 2.75) is 38.5 Å². The first-order valence-corrected chi connectivity index (χ1v) is 8.39. The summed E-state index contributed by atoms with van der Waals surface area (Å²) in [6, 6.07) is 0.181. The summed E-state index contributed by atoms with van der Waals surface area (Å²) in [6.45, 7) is 3.55. The number of piperidine rings is 2. The SMILES string of the molecule is NC(=O)COc1nc(N2CCCCC2)nc(N2CCCCC2)n1. The second-order valence-corrected chi connectivity index (χ2v) is 6.07. The number of nitrogens with zero attached hydrogens (tertiary/aromatic N) is 5. The van der Waals surface area contributed by atoms with Gasteiger partial charge in [-0.15, -0.1) is 0 Å². The van der Waals surface area contributed by atoms with Gasteiger partial charge in [-0.05, 0) is 38.5 Å². The van der Waals surface area contributed by atoms with Gasteiger partial charge in [0.15, 0.2) is 6.61 Å². The van der Waals surface area contributed by atoms with Crippen LogP contribution in [0.15, 0.2) is 0 Å². The molecule has 1 aromatic rings. The van der Waals surface area contributed by atoms with E-state index in [1.165, 1.54) is 12.8 Å². The normalized spacial score (nSPS) is 18.8. The lowest BCUT2D eigenvalue weighted by Gasteiger charge is -2.30. The van der Waals surface area contributed by atoms with Crippen LogP contribution < -0.4 is 20.3 Å². The molecule has 2 fully saturated rings. The summed E-state index contributed by atoms with van der Waals surface area (Å²) in [5.41, 5.74) is 5.15. The van der Waals surface area contributed by atoms with Gasteiger partial charge >= 0.3 is 6.01 Å². The van der Waals surface area contributed by atoms with Crippen molar-refractivity contribution in [3.63, 3.8) is 0 Å². The van der Waals surface area contributed by atoms with E-state index in [0.29, 0.717) is 11.9 Å². The van der Waals surface area contributed by atoms with Crippen molar-refractivity contribution in [2.24, 2.45) is 5.73 Å². The van der Waals surface area contributed by atoms with Crippen molar-refractivity contribution >= 4 is 17.8 Å². The zero-order chi connectivity index (χ0) is 16.1. The number of hydrogen-bond acceptors (Lipinski definition) is 7. The molecular weight excluding hydrogens is 296 g/mol. The molecule has 2 aliphatic heterocycles. The number of rotatable bonds is 5. The largest absolute Gasteiger partial charge is 0.453 e. The number of ether oxygens (including phenoxy) is 1. The maximum atomic E-state index is 11.0. The third-order valence-corrected chi connectivity index (χ3v) is 4.21. The lowest BCUT2D eigenvalue weighted by Crippen LogP contribution is -2.34. The molecule has 1 amide bonds. The van der Waals surface area contributed by atoms with Crippen molar-refractivity contribution in [1.82, 2.24) is 15.0 Å². The Kier molecular flexibility index (Phi) is 5.09. The summed E-state index contributed by atoms with van der Waals surface area (Å²) >= 11 is 0. The van der Waals surface area contributed by atoms with Crippen LogP contribution in [-0.2, 0) is 4.79 Å². The highest BCUT2D eigenvalue weighted by atomic mass is 16.5. The number of carbonyl (C=O) groups is 1. The van der Waals surface area contributed by atoms with Gasteiger partial charge in [0, 0.05) is 26.2 Å². The Bertz CT molecular complexity index is 505. The molecule has 2 aliphatic rings. The first kappa shape index (κ1) is 15.8. The van der Waals surface area contributed by atoms with Crippen molar-refractivity contribution < 1.29 is 9.53 Å². The van der Waals surface area contributed by atoms with Crippen LogP contribution in [0.25, 0.3) is 0 Å². The molecule has 8 nitrogen and oxygen atoms in total. The molecule has 0 unspecified atom stereocenters. The number of amides is 1. The molecular formula is C15H24N6O2. The highest BCUT2D eigenvalue weighted by Gasteiger charge is 2.20. The number of hydrogen-bond donors (Lipinski definition) is 1. The number of carbonyl (C=O) groups excluding carboxylic acids is 1. The lowest BCUT2D eigenvalue weighted by atomic mass is 10.1. The van der Waals surface area contributed by atoms with Crippen LogP contribution in [0.3, 0.4) is 0 Å². The van der Waals surface area contributed by atoms with Gasteiger partial charge in [0.05, 0.1) is 0 Å². The third kappa shape index (κ3) is 4.20. The fourth-order valence-corrected chi connectivity index (χ4v) is 3.01. The van der Waals surface area contributed by atoms with E-state index in [1.807, 2.05) is 0 Å². The molecule has 0 aromatic carbocycles. The molecule has 3 rings (SSSR count). The lowest BCUT2D eigenvalue weighted by molar-refractivity contribution is -0.120. The van der Waals surface area contributed by atoms with Gasteiger partial charge in [0.25, 0.3) is 5.91 Å². The summed E-state index contributed by atoms with van der Waals surface area (Å²) in [6.07, 6.45) is 7.05. The van der Waals surface area contributed by atoms with Crippen LogP contribution in [0, 0.1) is 0 Å². The quantitative estimate of drug-likeness (QED) is 0.853. The minimum Gasteiger partial charge on any atom is -0.453 e. The van der Waals surface area contributed by atoms with E-state index in [9.17, 15) is 4.79 Å². The van der Waals surface area contributed by atoms with Crippen LogP contribution in [0.5, 0.6) is 6.01 Å². The van der Waals surface area contributed by atoms with E-state index in [4.69, 9.17) is 10.5 Å². The Morgan fingerprint density at radius 2 is 1.35 bits per heavy atom. The molecule has 3 heterocycles. The predicted octanol–water partition coefficient (Wildman–Crippen LogP) is 0.716. The molecule has 0 aliphatic carbocycles. The Hall–Kier alpha value is -2.12. The topological polar surface area (TPSA) is 97.5 Å². The summed E-state index contributed by atoms with van der Waals surface area (Å²) in [5, 5.41) is 0. The summed E-state index contributed by atoms with van der Waals surface area (Å²) in [5.74, 6) is 0.740. The predicted molar refractivity (Wildman–Crippen MR) is 86.6 cm³/mol. The van der Waals surface area contributed by atoms with Gasteiger partial charge < -0.3 is 20.3 Å². The van der Waals surface area contributed by atoms with Crippen molar-refractivity contribution in [3.8, 4) is 6.01 Å². The first-order valence-electron chi connectivity index (χ1n) is 8.39. The standard InChI is InChI=1S/C15H24N6O2/c16-12(22)11-23-15-18-13(20-7-3-1-4-8-20)17-14(19-15)21-9-5-2-6-10-21/h1-11H2,(H2,16,22). The van der Waals surface area contributed by atoms with Crippen LogP contribution in [0.2, 0.25) is 0 Å². The molecule has 8 heteroatoms. The van der Waals surface area contributed by atoms with E-state index in [-0.39, 0.29) is 12.6 Å². The summed E-state index contributed by atoms with van der Waals surface area (Å²) in [4.78, 5) is 28.7. The molecule has 1 aromatic heterocycles. The van der Waals surface area contributed by atoms with Gasteiger partial charge in [-0.25, -0.2) is 0 Å². The zero-order valence-electron chi connectivity index (χ0n) is 13.4. The molecule has 0 atom stereocenters. The van der Waals surface area contributed by atoms with Crippen LogP contribution >= 0.6 is 0 Å². The Labute approximate surface area is 136 Å². The molecule has 0 spiro atoms. The minimum absolute atomic E-state index is 0.181. The van der Waals surface area contributed by atoms with E-state index in [2.05, 4.69) is 24.8 Å². The second-order valence-electron chi connectivity index (χ2n) is 6.07. The molecule has 0 bridgehead atoms. The zero-order valence-corrected chi connectivity index (χ0v) is 13.4. The van der Waals surface area contributed by atoms with Crippen molar-refractivity contribution in [2.75, 3.05) is 42.6 Å². The number of primary amides is 1. The van der Waals surface area contributed by atoms with Crippen LogP contribution in [0.1, 0.15) is 38.5 Å². The van der Waals surface area contributed by atoms with Gasteiger partial charge in [-0.1, -0.05) is 0 Å². The van der Waals surface area contributed by atoms with Gasteiger partial charge in [0.1, 0.15) is 0 Å². The van der Waals surface area contributed by atoms with Crippen molar-refractivity contribution in [3.05, 3.63) is 0 Å². The number of anilines is 2. The summed E-state index contributed by atoms with van der Waals surface area (Å²) < 4.78 is 5.34. The molecule has 0 saturated carbocycles. The molecule has 0 radical (unpaired) electrons. The van der Waals surface area contributed by atoms with Gasteiger partial charge in [0.2, 0.25) is 11.9 Å². The maximum absolute atomic E-state index is 11.0. The molecule has 126 valence electrons. The van der Waals surface area contributed by atoms with E-state index >= 15 is 0 Å². The molecule has 2 saturated heterocycles. The maximum Gasteiger partial charge on any atom is 0.323 e. The van der Waals surface area contributed by atoms with E-state index in [0.717, 1.165) is 51.9 Å². The number of aromatic nitrogens is 3.